The van der Waals surface area contributed by atoms with Crippen LogP contribution in [0.15, 0.2) is 82.6 Å². The van der Waals surface area contributed by atoms with E-state index >= 15 is 0 Å². The number of amides is 2. The third-order valence-corrected chi connectivity index (χ3v) is 8.99. The zero-order valence-corrected chi connectivity index (χ0v) is 24.8. The van der Waals surface area contributed by atoms with E-state index in [1.165, 1.54) is 16.7 Å². The van der Waals surface area contributed by atoms with Gasteiger partial charge in [0.1, 0.15) is 12.6 Å². The van der Waals surface area contributed by atoms with Gasteiger partial charge in [-0.05, 0) is 75.4 Å². The molecule has 0 aromatic heterocycles. The number of rotatable bonds is 12. The minimum atomic E-state index is -4.09. The molecule has 0 saturated heterocycles. The Hall–Kier alpha value is -3.30. The molecule has 3 aromatic carbocycles. The highest BCUT2D eigenvalue weighted by atomic mass is 32.2. The van der Waals surface area contributed by atoms with E-state index < -0.39 is 28.5 Å². The zero-order chi connectivity index (χ0) is 28.6. The van der Waals surface area contributed by atoms with Gasteiger partial charge in [0.05, 0.1) is 10.6 Å². The average Bonchev–Trinajstić information content (AvgIpc) is 2.93. The summed E-state index contributed by atoms with van der Waals surface area (Å²) < 4.78 is 29.0. The Labute approximate surface area is 236 Å². The molecule has 39 heavy (non-hydrogen) atoms. The smallest absolute Gasteiger partial charge is 0.264 e. The van der Waals surface area contributed by atoms with E-state index in [1.54, 1.807) is 36.4 Å². The van der Waals surface area contributed by atoms with Crippen molar-refractivity contribution in [1.82, 2.24) is 10.2 Å². The summed E-state index contributed by atoms with van der Waals surface area (Å²) in [5.41, 5.74) is 3.28. The van der Waals surface area contributed by atoms with Gasteiger partial charge in [-0.25, -0.2) is 8.42 Å². The predicted molar refractivity (Wildman–Crippen MR) is 158 cm³/mol. The first-order chi connectivity index (χ1) is 18.6. The molecule has 208 valence electrons. The molecular weight excluding hydrogens is 530 g/mol. The van der Waals surface area contributed by atoms with Crippen molar-refractivity contribution in [3.63, 3.8) is 0 Å². The molecule has 9 heteroatoms. The second kappa shape index (κ2) is 13.7. The van der Waals surface area contributed by atoms with Crippen molar-refractivity contribution < 1.29 is 18.0 Å². The number of hydrogen-bond acceptors (Lipinski definition) is 5. The van der Waals surface area contributed by atoms with E-state index in [0.29, 0.717) is 18.7 Å². The molecule has 0 aliphatic carbocycles. The van der Waals surface area contributed by atoms with E-state index in [4.69, 9.17) is 0 Å². The molecule has 3 rings (SSSR count). The van der Waals surface area contributed by atoms with Gasteiger partial charge in [-0.3, -0.25) is 13.9 Å². The number of nitrogens with zero attached hydrogens (tertiary/aromatic N) is 2. The van der Waals surface area contributed by atoms with Crippen molar-refractivity contribution in [3.05, 3.63) is 89.5 Å². The monoisotopic (exact) mass is 567 g/mol. The maximum atomic E-state index is 14.0. The number of nitrogens with one attached hydrogen (secondary N) is 1. The van der Waals surface area contributed by atoms with Crippen LogP contribution in [0.3, 0.4) is 0 Å². The number of likely N-dealkylation sites (N-methyl/N-ethyl adjacent to an activating group) is 1. The van der Waals surface area contributed by atoms with E-state index in [9.17, 15) is 18.0 Å². The van der Waals surface area contributed by atoms with Crippen LogP contribution in [0.1, 0.15) is 37.0 Å². The molecule has 0 saturated carbocycles. The highest BCUT2D eigenvalue weighted by Gasteiger charge is 2.33. The molecule has 1 atom stereocenters. The third-order valence-electron chi connectivity index (χ3n) is 6.46. The molecule has 3 aromatic rings. The Bertz CT molecular complexity index is 1360. The van der Waals surface area contributed by atoms with E-state index in [1.807, 2.05) is 70.3 Å². The Balaban J connectivity index is 2.04. The predicted octanol–water partition coefficient (Wildman–Crippen LogP) is 5.16. The Morgan fingerprint density at radius 1 is 0.872 bits per heavy atom. The molecule has 0 fully saturated rings. The molecule has 0 radical (unpaired) electrons. The summed E-state index contributed by atoms with van der Waals surface area (Å²) in [6.45, 7) is 7.72. The van der Waals surface area contributed by atoms with Crippen molar-refractivity contribution in [2.24, 2.45) is 0 Å². The summed E-state index contributed by atoms with van der Waals surface area (Å²) in [5, 5.41) is 2.82. The summed E-state index contributed by atoms with van der Waals surface area (Å²) in [4.78, 5) is 29.5. The van der Waals surface area contributed by atoms with E-state index in [-0.39, 0.29) is 17.3 Å². The summed E-state index contributed by atoms with van der Waals surface area (Å²) in [7, 11) is -4.09. The van der Waals surface area contributed by atoms with Gasteiger partial charge in [-0.1, -0.05) is 54.4 Å². The molecule has 1 N–H and O–H groups in total. The summed E-state index contributed by atoms with van der Waals surface area (Å²) >= 11 is 1.52. The molecule has 7 nitrogen and oxygen atoms in total. The van der Waals surface area contributed by atoms with Crippen LogP contribution in [0.2, 0.25) is 0 Å². The Morgan fingerprint density at radius 2 is 1.44 bits per heavy atom. The lowest BCUT2D eigenvalue weighted by atomic mass is 10.1. The van der Waals surface area contributed by atoms with Crippen molar-refractivity contribution in [3.8, 4) is 0 Å². The largest absolute Gasteiger partial charge is 0.355 e. The number of anilines is 1. The second-order valence-corrected chi connectivity index (χ2v) is 12.1. The second-order valence-electron chi connectivity index (χ2n) is 9.35. The number of carbonyl (C=O) groups excluding carboxylic acids is 2. The third kappa shape index (κ3) is 7.64. The molecule has 0 bridgehead atoms. The molecule has 0 spiro atoms. The minimum Gasteiger partial charge on any atom is -0.355 e. The van der Waals surface area contributed by atoms with Gasteiger partial charge in [-0.15, -0.1) is 11.8 Å². The lowest BCUT2D eigenvalue weighted by molar-refractivity contribution is -0.140. The first-order valence-corrected chi connectivity index (χ1v) is 15.6. The van der Waals surface area contributed by atoms with E-state index in [2.05, 4.69) is 5.32 Å². The fourth-order valence-corrected chi connectivity index (χ4v) is 6.04. The van der Waals surface area contributed by atoms with Crippen LogP contribution in [-0.4, -0.2) is 50.5 Å². The Morgan fingerprint density at radius 3 is 1.95 bits per heavy atom. The SMILES string of the molecule is CCNC(=O)[C@H](CC)N(Cc1ccc(C)cc1)C(=O)CN(c1ccc(C)cc1)S(=O)(=O)c1ccc(SC)cc1. The van der Waals surface area contributed by atoms with Crippen molar-refractivity contribution >= 4 is 39.3 Å². The van der Waals surface area contributed by atoms with Gasteiger partial charge >= 0.3 is 0 Å². The van der Waals surface area contributed by atoms with Crippen LogP contribution in [0.4, 0.5) is 5.69 Å². The lowest BCUT2D eigenvalue weighted by Crippen LogP contribution is -2.52. The van der Waals surface area contributed by atoms with E-state index in [0.717, 1.165) is 25.9 Å². The van der Waals surface area contributed by atoms with Crippen LogP contribution >= 0.6 is 11.8 Å². The number of sulfonamides is 1. The van der Waals surface area contributed by atoms with Gasteiger partial charge < -0.3 is 10.2 Å². The fourth-order valence-electron chi connectivity index (χ4n) is 4.22. The quantitative estimate of drug-likeness (QED) is 0.306. The average molecular weight is 568 g/mol. The number of thioether (sulfide) groups is 1. The first kappa shape index (κ1) is 30.2. The normalized spacial score (nSPS) is 12.0. The maximum absolute atomic E-state index is 14.0. The number of benzene rings is 3. The molecule has 0 aliphatic heterocycles. The van der Waals surface area contributed by atoms with Crippen LogP contribution in [0.25, 0.3) is 0 Å². The van der Waals surface area contributed by atoms with Gasteiger partial charge in [0.2, 0.25) is 11.8 Å². The Kier molecular flexibility index (Phi) is 10.6. The van der Waals surface area contributed by atoms with Gasteiger partial charge in [0.25, 0.3) is 10.0 Å². The first-order valence-electron chi connectivity index (χ1n) is 13.0. The lowest BCUT2D eigenvalue weighted by Gasteiger charge is -2.33. The topological polar surface area (TPSA) is 86.8 Å². The van der Waals surface area contributed by atoms with Crippen molar-refractivity contribution in [1.29, 1.82) is 0 Å². The molecular formula is C30H37N3O4S2. The molecule has 2 amide bonds. The van der Waals surface area contributed by atoms with Gasteiger partial charge in [0, 0.05) is 18.0 Å². The maximum Gasteiger partial charge on any atom is 0.264 e. The molecule has 0 heterocycles. The fraction of sp³-hybridized carbons (Fsp3) is 0.333. The van der Waals surface area contributed by atoms with Crippen LogP contribution in [-0.2, 0) is 26.2 Å². The number of carbonyl (C=O) groups is 2. The van der Waals surface area contributed by atoms with Gasteiger partial charge in [-0.2, -0.15) is 0 Å². The van der Waals surface area contributed by atoms with Crippen LogP contribution < -0.4 is 9.62 Å². The summed E-state index contributed by atoms with van der Waals surface area (Å²) in [6, 6.07) is 20.6. The van der Waals surface area contributed by atoms with Crippen molar-refractivity contribution in [2.75, 3.05) is 23.7 Å². The number of hydrogen-bond donors (Lipinski definition) is 1. The van der Waals surface area contributed by atoms with Gasteiger partial charge in [0.15, 0.2) is 0 Å². The summed E-state index contributed by atoms with van der Waals surface area (Å²) in [6.07, 6.45) is 2.30. The standard InChI is InChI=1S/C30H37N3O4S2/c1-6-28(30(35)31-7-2)32(20-24-12-8-22(3)9-13-24)29(34)21-33(25-14-10-23(4)11-15-25)39(36,37)27-18-16-26(38-5)17-19-27/h8-19,28H,6-7,20-21H2,1-5H3,(H,31,35)/t28-/m0/s1. The van der Waals surface area contributed by atoms with Crippen LogP contribution in [0.5, 0.6) is 0 Å². The zero-order valence-electron chi connectivity index (χ0n) is 23.2. The van der Waals surface area contributed by atoms with Crippen LogP contribution in [0, 0.1) is 13.8 Å². The number of aryl methyl sites for hydroxylation is 2. The highest BCUT2D eigenvalue weighted by molar-refractivity contribution is 7.98. The molecule has 0 aliphatic rings. The molecule has 0 unspecified atom stereocenters. The highest BCUT2D eigenvalue weighted by Crippen LogP contribution is 2.27. The summed E-state index contributed by atoms with van der Waals surface area (Å²) in [5.74, 6) is -0.726. The van der Waals surface area contributed by atoms with Crippen molar-refractivity contribution in [2.45, 2.75) is 56.5 Å². The minimum absolute atomic E-state index is 0.0922.